The van der Waals surface area contributed by atoms with Crippen molar-refractivity contribution in [3.63, 3.8) is 0 Å². The van der Waals surface area contributed by atoms with Crippen molar-refractivity contribution in [3.8, 4) is 0 Å². The SMILES string of the molecule is CN=C(NCCC(F)(F)F)NCC(C)(C)c1cccc(C(F)(F)F)c1. The Balaban J connectivity index is 2.71. The van der Waals surface area contributed by atoms with Crippen LogP contribution in [0.3, 0.4) is 0 Å². The molecule has 0 aliphatic rings. The Labute approximate surface area is 142 Å². The molecule has 1 aromatic carbocycles. The molecule has 9 heteroatoms. The second-order valence-electron chi connectivity index (χ2n) is 6.18. The number of benzene rings is 1. The van der Waals surface area contributed by atoms with E-state index in [1.165, 1.54) is 13.1 Å². The van der Waals surface area contributed by atoms with Crippen LogP contribution in [-0.2, 0) is 11.6 Å². The van der Waals surface area contributed by atoms with Gasteiger partial charge in [-0.15, -0.1) is 0 Å². The van der Waals surface area contributed by atoms with Gasteiger partial charge in [0.15, 0.2) is 5.96 Å². The fourth-order valence-corrected chi connectivity index (χ4v) is 2.07. The van der Waals surface area contributed by atoms with Gasteiger partial charge in [0.1, 0.15) is 0 Å². The van der Waals surface area contributed by atoms with E-state index in [9.17, 15) is 26.3 Å². The molecule has 3 nitrogen and oxygen atoms in total. The molecule has 1 aromatic rings. The summed E-state index contributed by atoms with van der Waals surface area (Å²) in [7, 11) is 1.40. The molecule has 0 spiro atoms. The van der Waals surface area contributed by atoms with Gasteiger partial charge < -0.3 is 10.6 Å². The Bertz CT molecular complexity index is 590. The minimum atomic E-state index is -4.44. The average molecular weight is 369 g/mol. The number of guanidine groups is 1. The smallest absolute Gasteiger partial charge is 0.356 e. The summed E-state index contributed by atoms with van der Waals surface area (Å²) in [6.07, 6.45) is -9.72. The van der Waals surface area contributed by atoms with Gasteiger partial charge in [0, 0.05) is 25.6 Å². The van der Waals surface area contributed by atoms with Crippen molar-refractivity contribution in [1.29, 1.82) is 0 Å². The third-order valence-electron chi connectivity index (χ3n) is 3.59. The molecule has 0 heterocycles. The van der Waals surface area contributed by atoms with E-state index in [0.29, 0.717) is 5.56 Å². The van der Waals surface area contributed by atoms with Crippen molar-refractivity contribution in [3.05, 3.63) is 35.4 Å². The summed E-state index contributed by atoms with van der Waals surface area (Å²) in [5.41, 5.74) is -0.977. The van der Waals surface area contributed by atoms with Gasteiger partial charge in [0.25, 0.3) is 0 Å². The van der Waals surface area contributed by atoms with Gasteiger partial charge in [-0.25, -0.2) is 0 Å². The molecule has 0 bridgehead atoms. The summed E-state index contributed by atoms with van der Waals surface area (Å²) in [5, 5.41) is 5.37. The second-order valence-corrected chi connectivity index (χ2v) is 6.18. The summed E-state index contributed by atoms with van der Waals surface area (Å²) in [4.78, 5) is 3.81. The van der Waals surface area contributed by atoms with E-state index in [4.69, 9.17) is 0 Å². The van der Waals surface area contributed by atoms with E-state index in [0.717, 1.165) is 12.1 Å². The van der Waals surface area contributed by atoms with Crippen molar-refractivity contribution in [1.82, 2.24) is 10.6 Å². The maximum atomic E-state index is 12.8. The van der Waals surface area contributed by atoms with Crippen LogP contribution < -0.4 is 10.6 Å². The predicted molar refractivity (Wildman–Crippen MR) is 84.5 cm³/mol. The molecule has 0 saturated heterocycles. The molecule has 0 aliphatic heterocycles. The molecule has 0 radical (unpaired) electrons. The minimum Gasteiger partial charge on any atom is -0.356 e. The van der Waals surface area contributed by atoms with Crippen molar-refractivity contribution in [2.24, 2.45) is 4.99 Å². The molecular formula is C16H21F6N3. The first-order valence-electron chi connectivity index (χ1n) is 7.54. The van der Waals surface area contributed by atoms with Crippen LogP contribution in [0, 0.1) is 0 Å². The van der Waals surface area contributed by atoms with E-state index < -0.39 is 29.8 Å². The first kappa shape index (κ1) is 21.1. The van der Waals surface area contributed by atoms with E-state index in [2.05, 4.69) is 15.6 Å². The Morgan fingerprint density at radius 3 is 2.12 bits per heavy atom. The van der Waals surface area contributed by atoms with Gasteiger partial charge in [0.05, 0.1) is 12.0 Å². The van der Waals surface area contributed by atoms with E-state index in [-0.39, 0.29) is 19.0 Å². The lowest BCUT2D eigenvalue weighted by atomic mass is 9.84. The molecule has 0 unspecified atom stereocenters. The number of aliphatic imine (C=N–C) groups is 1. The number of halogens is 6. The quantitative estimate of drug-likeness (QED) is 0.466. The Hall–Kier alpha value is -1.93. The lowest BCUT2D eigenvalue weighted by Crippen LogP contribution is -2.44. The lowest BCUT2D eigenvalue weighted by Gasteiger charge is -2.27. The molecule has 0 fully saturated rings. The fourth-order valence-electron chi connectivity index (χ4n) is 2.07. The van der Waals surface area contributed by atoms with Crippen molar-refractivity contribution < 1.29 is 26.3 Å². The predicted octanol–water partition coefficient (Wildman–Crippen LogP) is 4.10. The Morgan fingerprint density at radius 2 is 1.60 bits per heavy atom. The largest absolute Gasteiger partial charge is 0.416 e. The van der Waals surface area contributed by atoms with Gasteiger partial charge in [-0.1, -0.05) is 32.0 Å². The van der Waals surface area contributed by atoms with E-state index in [1.807, 2.05) is 0 Å². The topological polar surface area (TPSA) is 36.4 Å². The third kappa shape index (κ3) is 7.23. The van der Waals surface area contributed by atoms with Crippen LogP contribution in [0.1, 0.15) is 31.4 Å². The van der Waals surface area contributed by atoms with Crippen LogP contribution in [0.2, 0.25) is 0 Å². The van der Waals surface area contributed by atoms with Gasteiger partial charge in [-0.2, -0.15) is 26.3 Å². The highest BCUT2D eigenvalue weighted by Crippen LogP contribution is 2.32. The second kappa shape index (κ2) is 7.97. The highest BCUT2D eigenvalue weighted by atomic mass is 19.4. The monoisotopic (exact) mass is 369 g/mol. The zero-order valence-corrected chi connectivity index (χ0v) is 14.1. The normalized spacial score (nSPS) is 13.7. The molecule has 2 N–H and O–H groups in total. The van der Waals surface area contributed by atoms with Gasteiger partial charge in [0.2, 0.25) is 0 Å². The zero-order chi connectivity index (χ0) is 19.3. The molecule has 1 rings (SSSR count). The number of hydrogen-bond donors (Lipinski definition) is 2. The van der Waals surface area contributed by atoms with Gasteiger partial charge in [-0.3, -0.25) is 4.99 Å². The maximum Gasteiger partial charge on any atom is 0.416 e. The fraction of sp³-hybridized carbons (Fsp3) is 0.562. The maximum absolute atomic E-state index is 12.8. The first-order chi connectivity index (χ1) is 11.3. The Kier molecular flexibility index (Phi) is 6.73. The summed E-state index contributed by atoms with van der Waals surface area (Å²) in [5.74, 6) is 0.157. The van der Waals surface area contributed by atoms with Crippen molar-refractivity contribution in [2.45, 2.75) is 38.0 Å². The molecule has 0 saturated carbocycles. The summed E-state index contributed by atoms with van der Waals surface area (Å²) < 4.78 is 74.9. The molecule has 0 aromatic heterocycles. The Morgan fingerprint density at radius 1 is 1.00 bits per heavy atom. The summed E-state index contributed by atoms with van der Waals surface area (Å²) in [6, 6.07) is 4.97. The van der Waals surface area contributed by atoms with Crippen LogP contribution in [-0.4, -0.2) is 32.3 Å². The number of hydrogen-bond acceptors (Lipinski definition) is 1. The molecule has 25 heavy (non-hydrogen) atoms. The van der Waals surface area contributed by atoms with Crippen LogP contribution in [0.25, 0.3) is 0 Å². The number of nitrogens with one attached hydrogen (secondary N) is 2. The summed E-state index contributed by atoms with van der Waals surface area (Å²) >= 11 is 0. The number of rotatable bonds is 5. The van der Waals surface area contributed by atoms with Crippen LogP contribution in [0.4, 0.5) is 26.3 Å². The van der Waals surface area contributed by atoms with E-state index in [1.54, 1.807) is 19.9 Å². The standard InChI is InChI=1S/C16H21F6N3/c1-14(2,11-5-4-6-12(9-11)16(20,21)22)10-25-13(23-3)24-8-7-15(17,18)19/h4-6,9H,7-8,10H2,1-3H3,(H2,23,24,25). The minimum absolute atomic E-state index is 0.157. The molecule has 0 amide bonds. The van der Waals surface area contributed by atoms with Crippen molar-refractivity contribution in [2.75, 3.05) is 20.1 Å². The zero-order valence-electron chi connectivity index (χ0n) is 14.1. The molecular weight excluding hydrogens is 348 g/mol. The molecule has 0 atom stereocenters. The van der Waals surface area contributed by atoms with Gasteiger partial charge >= 0.3 is 12.4 Å². The van der Waals surface area contributed by atoms with E-state index >= 15 is 0 Å². The third-order valence-corrected chi connectivity index (χ3v) is 3.59. The van der Waals surface area contributed by atoms with Crippen LogP contribution in [0.15, 0.2) is 29.3 Å². The first-order valence-corrected chi connectivity index (χ1v) is 7.54. The number of nitrogens with zero attached hydrogens (tertiary/aromatic N) is 1. The highest BCUT2D eigenvalue weighted by molar-refractivity contribution is 5.79. The van der Waals surface area contributed by atoms with Crippen molar-refractivity contribution >= 4 is 5.96 Å². The van der Waals surface area contributed by atoms with Crippen LogP contribution in [0.5, 0.6) is 0 Å². The molecule has 0 aliphatic carbocycles. The molecule has 142 valence electrons. The van der Waals surface area contributed by atoms with Crippen LogP contribution >= 0.6 is 0 Å². The summed E-state index contributed by atoms with van der Waals surface area (Å²) in [6.45, 7) is 3.32. The van der Waals surface area contributed by atoms with Gasteiger partial charge in [-0.05, 0) is 11.6 Å². The number of alkyl halides is 6. The average Bonchev–Trinajstić information content (AvgIpc) is 2.49. The lowest BCUT2D eigenvalue weighted by molar-refractivity contribution is -0.137. The highest BCUT2D eigenvalue weighted by Gasteiger charge is 2.32.